The van der Waals surface area contributed by atoms with Gasteiger partial charge in [0.25, 0.3) is 0 Å². The lowest BCUT2D eigenvalue weighted by molar-refractivity contribution is -0.136. The Kier molecular flexibility index (Phi) is 6.16. The highest BCUT2D eigenvalue weighted by Gasteiger charge is 2.31. The minimum absolute atomic E-state index is 0.0272. The van der Waals surface area contributed by atoms with Crippen LogP contribution < -0.4 is 0 Å². The number of hydrogen-bond donors (Lipinski definition) is 0. The van der Waals surface area contributed by atoms with Crippen LogP contribution in [0.25, 0.3) is 0 Å². The van der Waals surface area contributed by atoms with Crippen molar-refractivity contribution >= 4 is 11.8 Å². The Labute approximate surface area is 138 Å². The lowest BCUT2D eigenvalue weighted by Gasteiger charge is -2.37. The molecule has 0 radical (unpaired) electrons. The van der Waals surface area contributed by atoms with E-state index in [-0.39, 0.29) is 17.9 Å². The molecule has 1 aliphatic rings. The van der Waals surface area contributed by atoms with Crippen LogP contribution in [0.2, 0.25) is 0 Å². The molecule has 0 bridgehead atoms. The first kappa shape index (κ1) is 17.5. The van der Waals surface area contributed by atoms with Crippen molar-refractivity contribution in [3.05, 3.63) is 35.4 Å². The van der Waals surface area contributed by atoms with Gasteiger partial charge in [-0.2, -0.15) is 0 Å². The van der Waals surface area contributed by atoms with E-state index in [0.717, 1.165) is 18.4 Å². The van der Waals surface area contributed by atoms with Crippen LogP contribution >= 0.6 is 0 Å². The van der Waals surface area contributed by atoms with Crippen molar-refractivity contribution < 1.29 is 14.3 Å². The van der Waals surface area contributed by atoms with E-state index in [0.29, 0.717) is 26.1 Å². The van der Waals surface area contributed by atoms with Gasteiger partial charge in [0.1, 0.15) is 0 Å². The molecule has 0 aliphatic carbocycles. The van der Waals surface area contributed by atoms with Crippen molar-refractivity contribution in [1.82, 2.24) is 9.80 Å². The van der Waals surface area contributed by atoms with Gasteiger partial charge in [-0.25, -0.2) is 0 Å². The highest BCUT2D eigenvalue weighted by atomic mass is 16.5. The van der Waals surface area contributed by atoms with E-state index in [2.05, 4.69) is 6.07 Å². The Balaban J connectivity index is 2.11. The summed E-state index contributed by atoms with van der Waals surface area (Å²) in [6.45, 7) is 3.57. The third-order valence-corrected chi connectivity index (χ3v) is 4.45. The highest BCUT2D eigenvalue weighted by molar-refractivity contribution is 5.79. The molecule has 1 unspecified atom stereocenters. The smallest absolute Gasteiger partial charge is 0.224 e. The fourth-order valence-corrected chi connectivity index (χ4v) is 3.14. The van der Waals surface area contributed by atoms with Crippen LogP contribution in [-0.2, 0) is 20.7 Å². The van der Waals surface area contributed by atoms with E-state index >= 15 is 0 Å². The molecule has 2 amide bonds. The molecule has 5 nitrogen and oxygen atoms in total. The Morgan fingerprint density at radius 2 is 2.09 bits per heavy atom. The summed E-state index contributed by atoms with van der Waals surface area (Å²) in [6.07, 6.45) is 2.00. The maximum Gasteiger partial charge on any atom is 0.224 e. The molecule has 1 aromatic carbocycles. The second kappa shape index (κ2) is 8.11. The second-order valence-electron chi connectivity index (χ2n) is 6.04. The molecular weight excluding hydrogens is 292 g/mol. The summed E-state index contributed by atoms with van der Waals surface area (Å²) in [6, 6.07) is 7.95. The second-order valence-corrected chi connectivity index (χ2v) is 6.04. The van der Waals surface area contributed by atoms with Crippen LogP contribution in [0, 0.1) is 0 Å². The van der Waals surface area contributed by atoms with Gasteiger partial charge < -0.3 is 14.5 Å². The Bertz CT molecular complexity index is 559. The first-order valence-corrected chi connectivity index (χ1v) is 8.12. The number of benzene rings is 1. The van der Waals surface area contributed by atoms with E-state index in [1.54, 1.807) is 18.9 Å². The minimum Gasteiger partial charge on any atom is -0.385 e. The Morgan fingerprint density at radius 1 is 1.35 bits per heavy atom. The van der Waals surface area contributed by atoms with Crippen molar-refractivity contribution in [1.29, 1.82) is 0 Å². The average molecular weight is 318 g/mol. The van der Waals surface area contributed by atoms with Crippen molar-refractivity contribution in [2.45, 2.75) is 32.2 Å². The summed E-state index contributed by atoms with van der Waals surface area (Å²) in [4.78, 5) is 28.0. The molecule has 0 saturated carbocycles. The number of methoxy groups -OCH3 is 1. The fraction of sp³-hybridized carbons (Fsp3) is 0.556. The summed E-state index contributed by atoms with van der Waals surface area (Å²) in [5.74, 6) is 0.0911. The number of nitrogens with zero attached hydrogens (tertiary/aromatic N) is 2. The van der Waals surface area contributed by atoms with Gasteiger partial charge in [0.15, 0.2) is 0 Å². The van der Waals surface area contributed by atoms with E-state index in [1.165, 1.54) is 5.56 Å². The van der Waals surface area contributed by atoms with Gasteiger partial charge in [-0.15, -0.1) is 0 Å². The summed E-state index contributed by atoms with van der Waals surface area (Å²) in [5, 5.41) is 0. The van der Waals surface area contributed by atoms with E-state index in [1.807, 2.05) is 30.1 Å². The summed E-state index contributed by atoms with van der Waals surface area (Å²) >= 11 is 0. The molecule has 1 aliphatic heterocycles. The number of carbonyl (C=O) groups excluding carboxylic acids is 2. The summed E-state index contributed by atoms with van der Waals surface area (Å²) in [7, 11) is 3.47. The van der Waals surface area contributed by atoms with Crippen molar-refractivity contribution in [3.8, 4) is 0 Å². The predicted molar refractivity (Wildman–Crippen MR) is 89.0 cm³/mol. The molecule has 23 heavy (non-hydrogen) atoms. The van der Waals surface area contributed by atoms with Crippen molar-refractivity contribution in [2.75, 3.05) is 33.9 Å². The van der Waals surface area contributed by atoms with Gasteiger partial charge in [0, 0.05) is 40.8 Å². The van der Waals surface area contributed by atoms with Crippen LogP contribution in [0.1, 0.15) is 36.9 Å². The lowest BCUT2D eigenvalue weighted by atomic mass is 9.90. The maximum atomic E-state index is 12.5. The third kappa shape index (κ3) is 4.32. The van der Waals surface area contributed by atoms with Crippen LogP contribution in [0.5, 0.6) is 0 Å². The Hall–Kier alpha value is -1.88. The highest BCUT2D eigenvalue weighted by Crippen LogP contribution is 2.32. The van der Waals surface area contributed by atoms with Gasteiger partial charge in [0.2, 0.25) is 11.8 Å². The molecule has 0 aromatic heterocycles. The standard InChI is InChI=1S/C18H26N2O3/c1-14(21)20-11-9-15-7-4-5-8-16(15)17(20)13-18(22)19(2)10-6-12-23-3/h4-5,7-8,17H,6,9-13H2,1-3H3. The topological polar surface area (TPSA) is 49.9 Å². The number of hydrogen-bond acceptors (Lipinski definition) is 3. The molecule has 1 atom stereocenters. The zero-order valence-electron chi connectivity index (χ0n) is 14.2. The third-order valence-electron chi connectivity index (χ3n) is 4.45. The van der Waals surface area contributed by atoms with Crippen molar-refractivity contribution in [3.63, 3.8) is 0 Å². The SMILES string of the molecule is COCCCN(C)C(=O)CC1c2ccccc2CCN1C(C)=O. The van der Waals surface area contributed by atoms with Gasteiger partial charge in [0.05, 0.1) is 12.5 Å². The summed E-state index contributed by atoms with van der Waals surface area (Å²) in [5.41, 5.74) is 2.34. The molecule has 1 heterocycles. The quantitative estimate of drug-likeness (QED) is 0.754. The summed E-state index contributed by atoms with van der Waals surface area (Å²) < 4.78 is 5.03. The zero-order valence-corrected chi connectivity index (χ0v) is 14.2. The fourth-order valence-electron chi connectivity index (χ4n) is 3.14. The monoisotopic (exact) mass is 318 g/mol. The van der Waals surface area contributed by atoms with E-state index in [9.17, 15) is 9.59 Å². The molecule has 0 N–H and O–H groups in total. The first-order chi connectivity index (χ1) is 11.0. The normalized spacial score (nSPS) is 16.8. The number of carbonyl (C=O) groups is 2. The van der Waals surface area contributed by atoms with Crippen LogP contribution in [0.3, 0.4) is 0 Å². The largest absolute Gasteiger partial charge is 0.385 e. The van der Waals surface area contributed by atoms with Gasteiger partial charge in [-0.3, -0.25) is 9.59 Å². The van der Waals surface area contributed by atoms with Crippen LogP contribution in [-0.4, -0.2) is 55.5 Å². The molecule has 0 spiro atoms. The van der Waals surface area contributed by atoms with Gasteiger partial charge >= 0.3 is 0 Å². The van der Waals surface area contributed by atoms with Gasteiger partial charge in [-0.1, -0.05) is 24.3 Å². The molecule has 1 aromatic rings. The number of amides is 2. The molecule has 0 fully saturated rings. The lowest BCUT2D eigenvalue weighted by Crippen LogP contribution is -2.41. The van der Waals surface area contributed by atoms with Crippen molar-refractivity contribution in [2.24, 2.45) is 0 Å². The molecular formula is C18H26N2O3. The first-order valence-electron chi connectivity index (χ1n) is 8.12. The molecule has 126 valence electrons. The van der Waals surface area contributed by atoms with Gasteiger partial charge in [-0.05, 0) is 24.0 Å². The zero-order chi connectivity index (χ0) is 16.8. The number of ether oxygens (including phenoxy) is 1. The minimum atomic E-state index is -0.158. The molecule has 0 saturated heterocycles. The van der Waals surface area contributed by atoms with E-state index in [4.69, 9.17) is 4.74 Å². The number of fused-ring (bicyclic) bond motifs is 1. The van der Waals surface area contributed by atoms with Crippen LogP contribution in [0.15, 0.2) is 24.3 Å². The molecule has 2 rings (SSSR count). The predicted octanol–water partition coefficient (Wildman–Crippen LogP) is 2.02. The van der Waals surface area contributed by atoms with Crippen LogP contribution in [0.4, 0.5) is 0 Å². The number of rotatable bonds is 6. The van der Waals surface area contributed by atoms with E-state index < -0.39 is 0 Å². The molecule has 5 heteroatoms. The Morgan fingerprint density at radius 3 is 2.78 bits per heavy atom. The average Bonchev–Trinajstić information content (AvgIpc) is 2.54. The maximum absolute atomic E-state index is 12.5.